The smallest absolute Gasteiger partial charge is 0.409 e. The van der Waals surface area contributed by atoms with Crippen LogP contribution in [0.4, 0.5) is 10.6 Å². The van der Waals surface area contributed by atoms with Gasteiger partial charge in [0.2, 0.25) is 5.82 Å². The predicted molar refractivity (Wildman–Crippen MR) is 132 cm³/mol. The molecule has 0 bridgehead atoms. The maximum Gasteiger partial charge on any atom is 0.409 e. The van der Waals surface area contributed by atoms with Crippen molar-refractivity contribution < 1.29 is 14.3 Å². The minimum atomic E-state index is -0.293. The molecule has 0 radical (unpaired) electrons. The number of hydrogen-bond donors (Lipinski definition) is 1. The van der Waals surface area contributed by atoms with Crippen LogP contribution in [-0.4, -0.2) is 56.8 Å². The number of fused-ring (bicyclic) bond motifs is 1. The third kappa shape index (κ3) is 6.50. The van der Waals surface area contributed by atoms with Crippen LogP contribution in [0.3, 0.4) is 0 Å². The average molecular weight is 473 g/mol. The molecule has 1 aliphatic rings. The number of rotatable bonds is 7. The van der Waals surface area contributed by atoms with Gasteiger partial charge in [0, 0.05) is 19.5 Å². The van der Waals surface area contributed by atoms with E-state index in [0.29, 0.717) is 62.2 Å². The highest BCUT2D eigenvalue weighted by molar-refractivity contribution is 5.82. The van der Waals surface area contributed by atoms with E-state index in [1.165, 1.54) is 0 Å². The Labute approximate surface area is 204 Å². The molecule has 1 saturated heterocycles. The summed E-state index contributed by atoms with van der Waals surface area (Å²) in [6.45, 7) is 2.76. The van der Waals surface area contributed by atoms with Crippen molar-refractivity contribution >= 4 is 23.1 Å². The van der Waals surface area contributed by atoms with Gasteiger partial charge in [-0.25, -0.2) is 19.7 Å². The van der Waals surface area contributed by atoms with Gasteiger partial charge in [-0.3, -0.25) is 0 Å². The second-order valence-corrected chi connectivity index (χ2v) is 8.27. The molecule has 0 atom stereocenters. The number of aromatic nitrogens is 4. The molecule has 9 nitrogen and oxygen atoms in total. The van der Waals surface area contributed by atoms with Crippen LogP contribution in [0, 0.1) is 30.1 Å². The lowest BCUT2D eigenvalue weighted by Gasteiger charge is -2.30. The van der Waals surface area contributed by atoms with Crippen LogP contribution in [0.5, 0.6) is 0 Å². The topological polar surface area (TPSA) is 108 Å². The molecule has 0 saturated carbocycles. The van der Waals surface area contributed by atoms with Gasteiger partial charge in [0.1, 0.15) is 12.1 Å². The minimum Gasteiger partial charge on any atom is -0.447 e. The molecule has 0 spiro atoms. The number of likely N-dealkylation sites (tertiary alicyclic amines) is 1. The van der Waals surface area contributed by atoms with Gasteiger partial charge in [0.15, 0.2) is 11.5 Å². The second kappa shape index (κ2) is 11.9. The first-order valence-electron chi connectivity index (χ1n) is 11.6. The van der Waals surface area contributed by atoms with E-state index in [0.717, 1.165) is 18.4 Å². The average Bonchev–Trinajstić information content (AvgIpc) is 3.28. The van der Waals surface area contributed by atoms with Crippen LogP contribution in [0.15, 0.2) is 36.7 Å². The molecule has 1 fully saturated rings. The predicted octanol–water partition coefficient (Wildman–Crippen LogP) is 2.85. The van der Waals surface area contributed by atoms with E-state index in [1.54, 1.807) is 15.8 Å². The van der Waals surface area contributed by atoms with Gasteiger partial charge in [-0.1, -0.05) is 42.2 Å². The van der Waals surface area contributed by atoms with Crippen LogP contribution in [0.2, 0.25) is 0 Å². The van der Waals surface area contributed by atoms with Crippen molar-refractivity contribution in [1.29, 1.82) is 0 Å². The van der Waals surface area contributed by atoms with Crippen LogP contribution >= 0.6 is 0 Å². The van der Waals surface area contributed by atoms with E-state index in [9.17, 15) is 4.79 Å². The summed E-state index contributed by atoms with van der Waals surface area (Å²) in [6, 6.07) is 9.89. The van der Waals surface area contributed by atoms with Crippen molar-refractivity contribution in [2.24, 2.45) is 5.92 Å². The van der Waals surface area contributed by atoms with Gasteiger partial charge >= 0.3 is 6.09 Å². The summed E-state index contributed by atoms with van der Waals surface area (Å²) in [5, 5.41) is 0. The van der Waals surface area contributed by atoms with Gasteiger partial charge in [-0.2, -0.15) is 0 Å². The Hall–Kier alpha value is -4.08. The number of carbonyl (C=O) groups excluding carboxylic acids is 1. The third-order valence-electron chi connectivity index (χ3n) is 5.78. The van der Waals surface area contributed by atoms with E-state index in [-0.39, 0.29) is 18.5 Å². The molecule has 0 aliphatic carbocycles. The van der Waals surface area contributed by atoms with Crippen molar-refractivity contribution in [1.82, 2.24) is 24.4 Å². The first-order chi connectivity index (χ1) is 17.1. The van der Waals surface area contributed by atoms with Crippen molar-refractivity contribution in [2.45, 2.75) is 32.4 Å². The number of nitrogens with two attached hydrogens (primary N) is 1. The van der Waals surface area contributed by atoms with Gasteiger partial charge in [0.25, 0.3) is 0 Å². The van der Waals surface area contributed by atoms with Crippen molar-refractivity contribution in [2.75, 3.05) is 32.0 Å². The number of amides is 1. The van der Waals surface area contributed by atoms with Crippen LogP contribution in [0.25, 0.3) is 11.2 Å². The molecular weight excluding hydrogens is 444 g/mol. The zero-order chi connectivity index (χ0) is 24.5. The highest BCUT2D eigenvalue weighted by Gasteiger charge is 2.23. The SMILES string of the molecule is C#CCn1cnc2c(N)nc(C#CCC3CCN(C(=O)OCCOCc4ccccc4)CC3)nc21. The lowest BCUT2D eigenvalue weighted by molar-refractivity contribution is 0.0437. The summed E-state index contributed by atoms with van der Waals surface area (Å²) in [5.41, 5.74) is 8.19. The number of ether oxygens (including phenoxy) is 2. The number of imidazole rings is 1. The standard InChI is InChI=1S/C26H28N6O3/c1-2-13-32-19-28-23-24(27)29-22(30-25(23)32)10-6-9-20-11-14-31(15-12-20)26(33)35-17-16-34-18-21-7-4-3-5-8-21/h1,3-5,7-8,19-20H,9,11-18H2,(H2,27,29,30). The summed E-state index contributed by atoms with van der Waals surface area (Å²) in [7, 11) is 0. The Bertz CT molecular complexity index is 1250. The molecule has 4 rings (SSSR count). The molecule has 180 valence electrons. The number of benzene rings is 1. The Morgan fingerprint density at radius 1 is 1.17 bits per heavy atom. The third-order valence-corrected chi connectivity index (χ3v) is 5.78. The quantitative estimate of drug-likeness (QED) is 0.416. The van der Waals surface area contributed by atoms with Crippen LogP contribution < -0.4 is 5.73 Å². The molecule has 9 heteroatoms. The van der Waals surface area contributed by atoms with Gasteiger partial charge < -0.3 is 24.7 Å². The molecule has 1 aliphatic heterocycles. The normalized spacial score (nSPS) is 13.7. The lowest BCUT2D eigenvalue weighted by Crippen LogP contribution is -2.39. The van der Waals surface area contributed by atoms with Crippen molar-refractivity contribution in [3.63, 3.8) is 0 Å². The summed E-state index contributed by atoms with van der Waals surface area (Å²) in [5.74, 6) is 9.76. The molecule has 3 heterocycles. The Balaban J connectivity index is 1.18. The number of hydrogen-bond acceptors (Lipinski definition) is 7. The monoisotopic (exact) mass is 472 g/mol. The number of nitrogens with zero attached hydrogens (tertiary/aromatic N) is 5. The Morgan fingerprint density at radius 2 is 1.97 bits per heavy atom. The van der Waals surface area contributed by atoms with Gasteiger partial charge in [-0.15, -0.1) is 6.42 Å². The first kappa shape index (κ1) is 24.1. The number of nitrogen functional groups attached to an aromatic ring is 1. The lowest BCUT2D eigenvalue weighted by atomic mass is 9.94. The van der Waals surface area contributed by atoms with E-state index in [2.05, 4.69) is 32.7 Å². The van der Waals surface area contributed by atoms with Gasteiger partial charge in [0.05, 0.1) is 26.1 Å². The molecule has 3 aromatic rings. The molecule has 0 unspecified atom stereocenters. The summed E-state index contributed by atoms with van der Waals surface area (Å²) < 4.78 is 12.6. The molecule has 1 aromatic carbocycles. The number of carbonyl (C=O) groups is 1. The summed E-state index contributed by atoms with van der Waals surface area (Å²) >= 11 is 0. The highest BCUT2D eigenvalue weighted by Crippen LogP contribution is 2.21. The summed E-state index contributed by atoms with van der Waals surface area (Å²) in [6.07, 6.45) is 9.13. The zero-order valence-electron chi connectivity index (χ0n) is 19.5. The fraction of sp³-hybridized carbons (Fsp3) is 0.385. The van der Waals surface area contributed by atoms with Crippen LogP contribution in [-0.2, 0) is 22.6 Å². The fourth-order valence-electron chi connectivity index (χ4n) is 3.87. The van der Waals surface area contributed by atoms with Crippen LogP contribution in [0.1, 0.15) is 30.7 Å². The number of anilines is 1. The number of terminal acetylenes is 1. The maximum atomic E-state index is 12.3. The van der Waals surface area contributed by atoms with Crippen molar-refractivity contribution in [3.8, 4) is 24.2 Å². The van der Waals surface area contributed by atoms with E-state index < -0.39 is 0 Å². The number of piperidine rings is 1. The van der Waals surface area contributed by atoms with Gasteiger partial charge in [-0.05, 0) is 30.2 Å². The first-order valence-corrected chi connectivity index (χ1v) is 11.6. The fourth-order valence-corrected chi connectivity index (χ4v) is 3.87. The van der Waals surface area contributed by atoms with Crippen molar-refractivity contribution in [3.05, 3.63) is 48.0 Å². The molecule has 2 aromatic heterocycles. The second-order valence-electron chi connectivity index (χ2n) is 8.27. The molecule has 1 amide bonds. The molecule has 2 N–H and O–H groups in total. The molecule has 35 heavy (non-hydrogen) atoms. The zero-order valence-corrected chi connectivity index (χ0v) is 19.5. The maximum absolute atomic E-state index is 12.3. The molecular formula is C26H28N6O3. The summed E-state index contributed by atoms with van der Waals surface area (Å²) in [4.78, 5) is 26.9. The van der Waals surface area contributed by atoms with E-state index in [4.69, 9.17) is 21.6 Å². The minimum absolute atomic E-state index is 0.241. The largest absolute Gasteiger partial charge is 0.447 e. The van der Waals surface area contributed by atoms with E-state index in [1.807, 2.05) is 30.3 Å². The Morgan fingerprint density at radius 3 is 2.74 bits per heavy atom. The Kier molecular flexibility index (Phi) is 8.16. The van der Waals surface area contributed by atoms with E-state index >= 15 is 0 Å². The highest BCUT2D eigenvalue weighted by atomic mass is 16.6.